The van der Waals surface area contributed by atoms with Gasteiger partial charge in [0.1, 0.15) is 11.8 Å². The zero-order valence-corrected chi connectivity index (χ0v) is 9.45. The normalized spacial score (nSPS) is 18.8. The fraction of sp³-hybridized carbons (Fsp3) is 0.417. The molecule has 0 aromatic heterocycles. The van der Waals surface area contributed by atoms with E-state index in [2.05, 4.69) is 5.32 Å². The number of hydrogen-bond donors (Lipinski definition) is 1. The van der Waals surface area contributed by atoms with Crippen LogP contribution in [0.25, 0.3) is 0 Å². The number of carbonyl (C=O) groups excluding carboxylic acids is 1. The second kappa shape index (κ2) is 4.53. The summed E-state index contributed by atoms with van der Waals surface area (Å²) in [5.41, 5.74) is 2.36. The monoisotopic (exact) mass is 221 g/mol. The molecular weight excluding hydrogens is 206 g/mol. The van der Waals surface area contributed by atoms with E-state index >= 15 is 0 Å². The van der Waals surface area contributed by atoms with E-state index in [1.54, 1.807) is 7.11 Å². The van der Waals surface area contributed by atoms with Crippen molar-refractivity contribution in [1.29, 1.82) is 0 Å². The molecule has 1 N–H and O–H groups in total. The van der Waals surface area contributed by atoms with E-state index in [1.165, 1.54) is 12.7 Å². The van der Waals surface area contributed by atoms with Crippen molar-refractivity contribution in [3.63, 3.8) is 0 Å². The van der Waals surface area contributed by atoms with Crippen molar-refractivity contribution in [3.05, 3.63) is 29.3 Å². The third kappa shape index (κ3) is 2.02. The van der Waals surface area contributed by atoms with Crippen LogP contribution in [0.1, 0.15) is 11.1 Å². The highest BCUT2D eigenvalue weighted by atomic mass is 16.5. The van der Waals surface area contributed by atoms with E-state index in [4.69, 9.17) is 9.47 Å². The van der Waals surface area contributed by atoms with Crippen molar-refractivity contribution in [2.24, 2.45) is 0 Å². The summed E-state index contributed by atoms with van der Waals surface area (Å²) in [6, 6.07) is 5.68. The predicted molar refractivity (Wildman–Crippen MR) is 59.3 cm³/mol. The van der Waals surface area contributed by atoms with E-state index in [-0.39, 0.29) is 12.0 Å². The van der Waals surface area contributed by atoms with Gasteiger partial charge in [0.05, 0.1) is 14.2 Å². The summed E-state index contributed by atoms with van der Waals surface area (Å²) in [5.74, 6) is 0.609. The number of rotatable bonds is 2. The minimum absolute atomic E-state index is 0.214. The molecule has 0 saturated carbocycles. The van der Waals surface area contributed by atoms with Gasteiger partial charge in [-0.1, -0.05) is 6.07 Å². The number of carbonyl (C=O) groups is 1. The summed E-state index contributed by atoms with van der Waals surface area (Å²) in [6.07, 6.45) is 0.652. The Balaban J connectivity index is 2.21. The number of hydrogen-bond acceptors (Lipinski definition) is 4. The maximum atomic E-state index is 11.4. The fourth-order valence-electron chi connectivity index (χ4n) is 1.93. The number of benzene rings is 1. The van der Waals surface area contributed by atoms with Gasteiger partial charge in [0, 0.05) is 6.54 Å². The second-order valence-corrected chi connectivity index (χ2v) is 3.80. The largest absolute Gasteiger partial charge is 0.497 e. The number of methoxy groups -OCH3 is 2. The Bertz CT molecular complexity index is 403. The van der Waals surface area contributed by atoms with Crippen LogP contribution < -0.4 is 10.1 Å². The van der Waals surface area contributed by atoms with Crippen molar-refractivity contribution < 1.29 is 14.3 Å². The van der Waals surface area contributed by atoms with Gasteiger partial charge in [0.25, 0.3) is 0 Å². The van der Waals surface area contributed by atoms with Gasteiger partial charge in [0.15, 0.2) is 0 Å². The lowest BCUT2D eigenvalue weighted by molar-refractivity contribution is -0.143. The number of nitrogens with one attached hydrogen (secondary N) is 1. The van der Waals surface area contributed by atoms with Crippen LogP contribution in [0.15, 0.2) is 18.2 Å². The van der Waals surface area contributed by atoms with Crippen molar-refractivity contribution in [2.45, 2.75) is 19.0 Å². The van der Waals surface area contributed by atoms with Crippen LogP contribution in [0.4, 0.5) is 0 Å². The lowest BCUT2D eigenvalue weighted by Crippen LogP contribution is -2.42. The zero-order valence-electron chi connectivity index (χ0n) is 9.45. The van der Waals surface area contributed by atoms with Crippen LogP contribution >= 0.6 is 0 Å². The minimum Gasteiger partial charge on any atom is -0.497 e. The van der Waals surface area contributed by atoms with Gasteiger partial charge in [-0.25, -0.2) is 0 Å². The first-order valence-electron chi connectivity index (χ1n) is 5.21. The lowest BCUT2D eigenvalue weighted by atomic mass is 9.95. The molecule has 1 atom stereocenters. The third-order valence-corrected chi connectivity index (χ3v) is 2.86. The first kappa shape index (κ1) is 11.0. The molecule has 0 unspecified atom stereocenters. The number of ether oxygens (including phenoxy) is 2. The van der Waals surface area contributed by atoms with Crippen LogP contribution in [-0.2, 0) is 22.5 Å². The topological polar surface area (TPSA) is 47.6 Å². The fourth-order valence-corrected chi connectivity index (χ4v) is 1.93. The molecule has 0 amide bonds. The van der Waals surface area contributed by atoms with E-state index in [0.717, 1.165) is 11.3 Å². The van der Waals surface area contributed by atoms with E-state index in [0.29, 0.717) is 13.0 Å². The Morgan fingerprint density at radius 3 is 2.88 bits per heavy atom. The highest BCUT2D eigenvalue weighted by molar-refractivity contribution is 5.76. The van der Waals surface area contributed by atoms with Crippen molar-refractivity contribution in [1.82, 2.24) is 5.32 Å². The number of fused-ring (bicyclic) bond motifs is 1. The maximum Gasteiger partial charge on any atom is 0.323 e. The molecule has 2 rings (SSSR count). The van der Waals surface area contributed by atoms with Crippen LogP contribution in [-0.4, -0.2) is 26.2 Å². The van der Waals surface area contributed by atoms with Crippen LogP contribution in [0.3, 0.4) is 0 Å². The molecule has 4 nitrogen and oxygen atoms in total. The quantitative estimate of drug-likeness (QED) is 0.753. The molecule has 0 saturated heterocycles. The highest BCUT2D eigenvalue weighted by Crippen LogP contribution is 2.22. The summed E-state index contributed by atoms with van der Waals surface area (Å²) >= 11 is 0. The standard InChI is InChI=1S/C12H15NO3/c1-15-10-4-3-8-7-13-11(12(14)16-2)6-9(8)5-10/h3-5,11,13H,6-7H2,1-2H3/t11-/m0/s1. The highest BCUT2D eigenvalue weighted by Gasteiger charge is 2.24. The first-order chi connectivity index (χ1) is 7.74. The molecule has 0 radical (unpaired) electrons. The average Bonchev–Trinajstić information content (AvgIpc) is 2.36. The Morgan fingerprint density at radius 1 is 1.38 bits per heavy atom. The molecule has 1 aromatic carbocycles. The SMILES string of the molecule is COC(=O)[C@@H]1Cc2cc(OC)ccc2CN1. The molecule has 1 aliphatic rings. The predicted octanol–water partition coefficient (Wildman–Crippen LogP) is 0.882. The van der Waals surface area contributed by atoms with Gasteiger partial charge in [-0.15, -0.1) is 0 Å². The molecule has 1 heterocycles. The Kier molecular flexibility index (Phi) is 3.10. The average molecular weight is 221 g/mol. The van der Waals surface area contributed by atoms with E-state index < -0.39 is 0 Å². The molecule has 0 fully saturated rings. The Morgan fingerprint density at radius 2 is 2.19 bits per heavy atom. The molecule has 86 valence electrons. The summed E-state index contributed by atoms with van der Waals surface area (Å²) in [6.45, 7) is 0.694. The lowest BCUT2D eigenvalue weighted by Gasteiger charge is -2.24. The number of esters is 1. The summed E-state index contributed by atoms with van der Waals surface area (Å²) in [5, 5.41) is 3.15. The molecular formula is C12H15NO3. The van der Waals surface area contributed by atoms with Crippen LogP contribution in [0, 0.1) is 0 Å². The third-order valence-electron chi connectivity index (χ3n) is 2.86. The molecule has 1 aromatic rings. The maximum absolute atomic E-state index is 11.4. The van der Waals surface area contributed by atoms with Gasteiger partial charge < -0.3 is 14.8 Å². The molecule has 0 bridgehead atoms. The van der Waals surface area contributed by atoms with Gasteiger partial charge in [-0.05, 0) is 29.7 Å². The van der Waals surface area contributed by atoms with E-state index in [1.807, 2.05) is 18.2 Å². The zero-order chi connectivity index (χ0) is 11.5. The van der Waals surface area contributed by atoms with Crippen LogP contribution in [0.5, 0.6) is 5.75 Å². The molecule has 1 aliphatic heterocycles. The van der Waals surface area contributed by atoms with Gasteiger partial charge >= 0.3 is 5.97 Å². The molecule has 0 spiro atoms. The van der Waals surface area contributed by atoms with Crippen LogP contribution in [0.2, 0.25) is 0 Å². The van der Waals surface area contributed by atoms with Gasteiger partial charge in [0.2, 0.25) is 0 Å². The second-order valence-electron chi connectivity index (χ2n) is 3.80. The summed E-state index contributed by atoms with van der Waals surface area (Å²) in [7, 11) is 3.05. The van der Waals surface area contributed by atoms with Gasteiger partial charge in [-0.3, -0.25) is 4.79 Å². The Labute approximate surface area is 94.6 Å². The Hall–Kier alpha value is -1.55. The smallest absolute Gasteiger partial charge is 0.323 e. The summed E-state index contributed by atoms with van der Waals surface area (Å²) in [4.78, 5) is 11.4. The minimum atomic E-state index is -0.246. The first-order valence-corrected chi connectivity index (χ1v) is 5.21. The van der Waals surface area contributed by atoms with Gasteiger partial charge in [-0.2, -0.15) is 0 Å². The summed E-state index contributed by atoms with van der Waals surface area (Å²) < 4.78 is 9.89. The van der Waals surface area contributed by atoms with E-state index in [9.17, 15) is 4.79 Å². The van der Waals surface area contributed by atoms with Crippen molar-refractivity contribution >= 4 is 5.97 Å². The van der Waals surface area contributed by atoms with Crippen molar-refractivity contribution in [2.75, 3.05) is 14.2 Å². The van der Waals surface area contributed by atoms with Crippen molar-refractivity contribution in [3.8, 4) is 5.75 Å². The molecule has 16 heavy (non-hydrogen) atoms. The molecule has 0 aliphatic carbocycles. The molecule has 4 heteroatoms.